The van der Waals surface area contributed by atoms with Crippen LogP contribution in [0.15, 0.2) is 16.8 Å². The van der Waals surface area contributed by atoms with Gasteiger partial charge >= 0.3 is 0 Å². The first kappa shape index (κ1) is 9.72. The fraction of sp³-hybridized carbons (Fsp3) is 0.636. The van der Waals surface area contributed by atoms with E-state index in [4.69, 9.17) is 0 Å². The van der Waals surface area contributed by atoms with E-state index in [2.05, 4.69) is 32.8 Å². The maximum atomic E-state index is 3.77. The molecule has 0 nitrogen and oxygen atoms in total. The number of alkyl halides is 1. The molecule has 0 aromatic carbocycles. The number of hydrogen-bond donors (Lipinski definition) is 0. The minimum Gasteiger partial charge on any atom is -0.152 e. The third-order valence-electron chi connectivity index (χ3n) is 2.66. The molecule has 0 aliphatic heterocycles. The third kappa shape index (κ3) is 3.10. The van der Waals surface area contributed by atoms with E-state index in [9.17, 15) is 0 Å². The lowest BCUT2D eigenvalue weighted by atomic mass is 10.1. The Balaban J connectivity index is 1.63. The standard InChI is InChI=1S/C11H15BrS/c12-11(10-4-5-10)3-1-2-9-6-7-13-8-9/h6-8,10-11H,1-5H2. The van der Waals surface area contributed by atoms with Gasteiger partial charge in [-0.3, -0.25) is 0 Å². The van der Waals surface area contributed by atoms with Gasteiger partial charge in [-0.05, 0) is 60.4 Å². The van der Waals surface area contributed by atoms with E-state index in [1.165, 1.54) is 37.7 Å². The Bertz CT molecular complexity index is 239. The Hall–Kier alpha value is 0.180. The van der Waals surface area contributed by atoms with Gasteiger partial charge < -0.3 is 0 Å². The predicted octanol–water partition coefficient (Wildman–Crippen LogP) is 4.24. The molecule has 1 heterocycles. The summed E-state index contributed by atoms with van der Waals surface area (Å²) in [5.41, 5.74) is 1.51. The van der Waals surface area contributed by atoms with Crippen molar-refractivity contribution < 1.29 is 0 Å². The Morgan fingerprint density at radius 1 is 1.54 bits per heavy atom. The Morgan fingerprint density at radius 2 is 2.38 bits per heavy atom. The fourth-order valence-corrected chi connectivity index (χ4v) is 3.19. The molecule has 1 aromatic rings. The summed E-state index contributed by atoms with van der Waals surface area (Å²) >= 11 is 5.58. The van der Waals surface area contributed by atoms with Crippen molar-refractivity contribution in [1.82, 2.24) is 0 Å². The van der Waals surface area contributed by atoms with Crippen molar-refractivity contribution in [2.75, 3.05) is 0 Å². The number of halogens is 1. The minimum atomic E-state index is 0.797. The van der Waals surface area contributed by atoms with E-state index in [-0.39, 0.29) is 0 Å². The highest BCUT2D eigenvalue weighted by molar-refractivity contribution is 9.09. The molecule has 1 fully saturated rings. The van der Waals surface area contributed by atoms with Crippen LogP contribution in [0.4, 0.5) is 0 Å². The van der Waals surface area contributed by atoms with Crippen molar-refractivity contribution in [3.63, 3.8) is 0 Å². The van der Waals surface area contributed by atoms with Crippen LogP contribution >= 0.6 is 27.3 Å². The third-order valence-corrected chi connectivity index (χ3v) is 4.60. The van der Waals surface area contributed by atoms with Gasteiger partial charge in [-0.25, -0.2) is 0 Å². The molecule has 1 atom stereocenters. The predicted molar refractivity (Wildman–Crippen MR) is 62.7 cm³/mol. The van der Waals surface area contributed by atoms with Crippen molar-refractivity contribution in [3.8, 4) is 0 Å². The second-order valence-corrected chi connectivity index (χ2v) is 5.83. The summed E-state index contributed by atoms with van der Waals surface area (Å²) in [5, 5.41) is 4.43. The molecule has 0 saturated heterocycles. The van der Waals surface area contributed by atoms with E-state index >= 15 is 0 Å². The van der Waals surface area contributed by atoms with Crippen LogP contribution in [-0.2, 0) is 6.42 Å². The first-order valence-corrected chi connectivity index (χ1v) is 6.87. The fourth-order valence-electron chi connectivity index (χ4n) is 1.63. The van der Waals surface area contributed by atoms with Crippen LogP contribution in [0.5, 0.6) is 0 Å². The molecule has 13 heavy (non-hydrogen) atoms. The molecule has 1 aliphatic carbocycles. The second-order valence-electron chi connectivity index (χ2n) is 3.88. The van der Waals surface area contributed by atoms with Crippen LogP contribution in [-0.4, -0.2) is 4.83 Å². The van der Waals surface area contributed by atoms with Crippen molar-refractivity contribution >= 4 is 27.3 Å². The van der Waals surface area contributed by atoms with Crippen molar-refractivity contribution in [2.45, 2.75) is 36.9 Å². The molecular formula is C11H15BrS. The smallest absolute Gasteiger partial charge is 0.0174 e. The van der Waals surface area contributed by atoms with Gasteiger partial charge in [0.25, 0.3) is 0 Å². The summed E-state index contributed by atoms with van der Waals surface area (Å²) in [7, 11) is 0. The lowest BCUT2D eigenvalue weighted by Gasteiger charge is -2.06. The van der Waals surface area contributed by atoms with E-state index in [1.54, 1.807) is 11.3 Å². The lowest BCUT2D eigenvalue weighted by molar-refractivity contribution is 0.654. The normalized spacial score (nSPS) is 18.8. The average molecular weight is 259 g/mol. The van der Waals surface area contributed by atoms with E-state index < -0.39 is 0 Å². The summed E-state index contributed by atoms with van der Waals surface area (Å²) in [6, 6.07) is 2.24. The highest BCUT2D eigenvalue weighted by Gasteiger charge is 2.28. The van der Waals surface area contributed by atoms with Crippen molar-refractivity contribution in [1.29, 1.82) is 0 Å². The molecule has 0 amide bonds. The molecule has 1 saturated carbocycles. The topological polar surface area (TPSA) is 0 Å². The van der Waals surface area contributed by atoms with E-state index in [0.29, 0.717) is 0 Å². The highest BCUT2D eigenvalue weighted by atomic mass is 79.9. The molecule has 72 valence electrons. The van der Waals surface area contributed by atoms with Crippen LogP contribution in [0.3, 0.4) is 0 Å². The molecule has 0 radical (unpaired) electrons. The summed E-state index contributed by atoms with van der Waals surface area (Å²) < 4.78 is 0. The summed E-state index contributed by atoms with van der Waals surface area (Å²) in [5.74, 6) is 1.00. The summed E-state index contributed by atoms with van der Waals surface area (Å²) in [6.45, 7) is 0. The van der Waals surface area contributed by atoms with Crippen LogP contribution in [0.2, 0.25) is 0 Å². The lowest BCUT2D eigenvalue weighted by Crippen LogP contribution is -2.00. The summed E-state index contributed by atoms with van der Waals surface area (Å²) in [4.78, 5) is 0.797. The van der Waals surface area contributed by atoms with E-state index in [0.717, 1.165) is 10.7 Å². The van der Waals surface area contributed by atoms with Crippen molar-refractivity contribution in [3.05, 3.63) is 22.4 Å². The number of aryl methyl sites for hydroxylation is 1. The van der Waals surface area contributed by atoms with Crippen LogP contribution < -0.4 is 0 Å². The second kappa shape index (κ2) is 4.61. The van der Waals surface area contributed by atoms with Gasteiger partial charge in [0, 0.05) is 4.83 Å². The van der Waals surface area contributed by atoms with Gasteiger partial charge in [-0.1, -0.05) is 15.9 Å². The number of hydrogen-bond acceptors (Lipinski definition) is 1. The molecule has 1 aromatic heterocycles. The molecular weight excluding hydrogens is 244 g/mol. The van der Waals surface area contributed by atoms with Gasteiger partial charge in [0.1, 0.15) is 0 Å². The number of rotatable bonds is 5. The van der Waals surface area contributed by atoms with Gasteiger partial charge in [-0.2, -0.15) is 11.3 Å². The Morgan fingerprint density at radius 3 is 3.00 bits per heavy atom. The zero-order chi connectivity index (χ0) is 9.10. The molecule has 0 N–H and O–H groups in total. The highest BCUT2D eigenvalue weighted by Crippen LogP contribution is 2.38. The average Bonchev–Trinajstić information content (AvgIpc) is 2.86. The quantitative estimate of drug-likeness (QED) is 0.694. The monoisotopic (exact) mass is 258 g/mol. The maximum absolute atomic E-state index is 3.77. The molecule has 0 spiro atoms. The maximum Gasteiger partial charge on any atom is 0.0174 e. The van der Waals surface area contributed by atoms with E-state index in [1.807, 2.05) is 0 Å². The van der Waals surface area contributed by atoms with Gasteiger partial charge in [0.05, 0.1) is 0 Å². The Labute approximate surface area is 92.5 Å². The summed E-state index contributed by atoms with van der Waals surface area (Å²) in [6.07, 6.45) is 6.85. The van der Waals surface area contributed by atoms with Gasteiger partial charge in [0.15, 0.2) is 0 Å². The largest absolute Gasteiger partial charge is 0.152 e. The first-order chi connectivity index (χ1) is 6.36. The molecule has 2 heteroatoms. The van der Waals surface area contributed by atoms with Crippen molar-refractivity contribution in [2.24, 2.45) is 5.92 Å². The number of thiophene rings is 1. The van der Waals surface area contributed by atoms with Crippen LogP contribution in [0.1, 0.15) is 31.2 Å². The minimum absolute atomic E-state index is 0.797. The molecule has 2 rings (SSSR count). The first-order valence-electron chi connectivity index (χ1n) is 5.01. The zero-order valence-corrected chi connectivity index (χ0v) is 10.1. The van der Waals surface area contributed by atoms with Gasteiger partial charge in [0.2, 0.25) is 0 Å². The van der Waals surface area contributed by atoms with Crippen LogP contribution in [0.25, 0.3) is 0 Å². The van der Waals surface area contributed by atoms with Crippen LogP contribution in [0, 0.1) is 5.92 Å². The zero-order valence-electron chi connectivity index (χ0n) is 7.71. The Kier molecular flexibility index (Phi) is 3.45. The molecule has 1 unspecified atom stereocenters. The van der Waals surface area contributed by atoms with Gasteiger partial charge in [-0.15, -0.1) is 0 Å². The molecule has 1 aliphatic rings. The SMILES string of the molecule is BrC(CCCc1ccsc1)C1CC1. The molecule has 0 bridgehead atoms.